The zero-order chi connectivity index (χ0) is 31.3. The van der Waals surface area contributed by atoms with Gasteiger partial charge in [0.15, 0.2) is 0 Å². The van der Waals surface area contributed by atoms with Crippen molar-refractivity contribution in [1.82, 2.24) is 19.8 Å². The van der Waals surface area contributed by atoms with Crippen molar-refractivity contribution < 1.29 is 23.1 Å². The second-order valence-electron chi connectivity index (χ2n) is 10.6. The van der Waals surface area contributed by atoms with Crippen molar-refractivity contribution in [3.63, 3.8) is 0 Å². The highest BCUT2D eigenvalue weighted by molar-refractivity contribution is 6.04. The predicted molar refractivity (Wildman–Crippen MR) is 164 cm³/mol. The van der Waals surface area contributed by atoms with Gasteiger partial charge in [-0.15, -0.1) is 0 Å². The first-order valence-electron chi connectivity index (χ1n) is 14.3. The summed E-state index contributed by atoms with van der Waals surface area (Å²) >= 11 is 0. The first-order valence-corrected chi connectivity index (χ1v) is 14.3. The summed E-state index contributed by atoms with van der Waals surface area (Å²) in [7, 11) is 1.79. The molecule has 0 spiro atoms. The van der Waals surface area contributed by atoms with Crippen LogP contribution in [0, 0.1) is 18.8 Å². The second-order valence-corrected chi connectivity index (χ2v) is 10.6. The minimum atomic E-state index is -4.58. The molecule has 44 heavy (non-hydrogen) atoms. The zero-order valence-electron chi connectivity index (χ0n) is 24.5. The second kappa shape index (κ2) is 13.4. The molecule has 1 aromatic heterocycles. The van der Waals surface area contributed by atoms with Gasteiger partial charge in [0.05, 0.1) is 17.7 Å². The molecule has 2 heterocycles. The summed E-state index contributed by atoms with van der Waals surface area (Å²) in [5.41, 5.74) is 2.68. The molecule has 3 N–H and O–H groups in total. The van der Waals surface area contributed by atoms with Crippen molar-refractivity contribution in [2.24, 2.45) is 0 Å². The van der Waals surface area contributed by atoms with Gasteiger partial charge in [-0.3, -0.25) is 14.6 Å². The maximum Gasteiger partial charge on any atom is 0.416 e. The fourth-order valence-corrected chi connectivity index (χ4v) is 5.18. The van der Waals surface area contributed by atoms with Gasteiger partial charge in [-0.2, -0.15) is 13.2 Å². The summed E-state index contributed by atoms with van der Waals surface area (Å²) in [6.45, 7) is 5.24. The van der Waals surface area contributed by atoms with Crippen LogP contribution in [0.5, 0.6) is 0 Å². The van der Waals surface area contributed by atoms with Crippen molar-refractivity contribution >= 4 is 28.3 Å². The number of halogens is 3. The lowest BCUT2D eigenvalue weighted by Gasteiger charge is -2.34. The summed E-state index contributed by atoms with van der Waals surface area (Å²) < 4.78 is 42.2. The van der Waals surface area contributed by atoms with Crippen molar-refractivity contribution in [2.75, 3.05) is 57.0 Å². The summed E-state index contributed by atoms with van der Waals surface area (Å²) in [6, 6.07) is 14.6. The van der Waals surface area contributed by atoms with E-state index in [4.69, 9.17) is 5.11 Å². The predicted octanol–water partition coefficient (Wildman–Crippen LogP) is 4.76. The fourth-order valence-electron chi connectivity index (χ4n) is 5.18. The van der Waals surface area contributed by atoms with E-state index in [-0.39, 0.29) is 30.0 Å². The maximum absolute atomic E-state index is 14.1. The van der Waals surface area contributed by atoms with Gasteiger partial charge in [0, 0.05) is 74.1 Å². The van der Waals surface area contributed by atoms with Crippen molar-refractivity contribution in [3.05, 3.63) is 94.3 Å². The number of carbonyl (C=O) groups is 1. The van der Waals surface area contributed by atoms with Crippen molar-refractivity contribution in [3.8, 4) is 11.8 Å². The summed E-state index contributed by atoms with van der Waals surface area (Å²) in [5.74, 6) is 6.41. The molecule has 1 aliphatic heterocycles. The molecule has 0 aliphatic carbocycles. The standard InChI is InChI=1S/C33H33F3N6O2/c1-22-3-6-25(18-24(22)7-4-23-5-10-28-30(17-23)38-21-39-31(28)37-2)32(44)40-27-9-8-26(29(19-27)33(34,35)36)20-42-13-11-41(12-14-42)15-16-43/h3,5-6,8-10,17-19,21,43H,11-16,20H2,1-2H3,(H,40,44)(H,37,38,39). The van der Waals surface area contributed by atoms with Gasteiger partial charge in [-0.1, -0.05) is 24.0 Å². The lowest BCUT2D eigenvalue weighted by atomic mass is 10.0. The summed E-state index contributed by atoms with van der Waals surface area (Å²) in [4.78, 5) is 25.7. The van der Waals surface area contributed by atoms with Gasteiger partial charge < -0.3 is 15.7 Å². The topological polar surface area (TPSA) is 93.6 Å². The van der Waals surface area contributed by atoms with Crippen LogP contribution in [-0.4, -0.2) is 77.2 Å². The number of carbonyl (C=O) groups excluding carboxylic acids is 1. The molecule has 11 heteroatoms. The number of rotatable bonds is 7. The number of aliphatic hydroxyl groups is 1. The Morgan fingerprint density at radius 3 is 2.48 bits per heavy atom. The van der Waals surface area contributed by atoms with Crippen molar-refractivity contribution in [2.45, 2.75) is 19.6 Å². The normalized spacial score (nSPS) is 14.2. The van der Waals surface area contributed by atoms with Gasteiger partial charge in [0.25, 0.3) is 5.91 Å². The minimum absolute atomic E-state index is 0.0578. The molecule has 1 amide bonds. The molecule has 8 nitrogen and oxygen atoms in total. The van der Waals surface area contributed by atoms with Crippen LogP contribution in [0.15, 0.2) is 60.9 Å². The quantitative estimate of drug-likeness (QED) is 0.263. The number of nitrogens with one attached hydrogen (secondary N) is 2. The maximum atomic E-state index is 14.1. The van der Waals surface area contributed by atoms with E-state index in [2.05, 4.69) is 37.3 Å². The SMILES string of the molecule is CNc1ncnc2cc(C#Cc3cc(C(=O)Nc4ccc(CN5CCN(CCO)CC5)c(C(F)(F)F)c4)ccc3C)ccc12. The molecule has 3 aromatic carbocycles. The van der Waals surface area contributed by atoms with Crippen LogP contribution < -0.4 is 10.6 Å². The number of nitrogens with zero attached hydrogens (tertiary/aromatic N) is 4. The number of alkyl halides is 3. The molecule has 1 saturated heterocycles. The molecule has 0 atom stereocenters. The average molecular weight is 603 g/mol. The Morgan fingerprint density at radius 1 is 0.977 bits per heavy atom. The first kappa shape index (κ1) is 30.9. The highest BCUT2D eigenvalue weighted by atomic mass is 19.4. The number of anilines is 2. The van der Waals surface area contributed by atoms with Crippen LogP contribution in [-0.2, 0) is 12.7 Å². The molecular weight excluding hydrogens is 569 g/mol. The van der Waals surface area contributed by atoms with E-state index in [1.54, 1.807) is 25.2 Å². The number of hydrogen-bond donors (Lipinski definition) is 3. The molecule has 0 unspecified atom stereocenters. The number of benzene rings is 3. The lowest BCUT2D eigenvalue weighted by Crippen LogP contribution is -2.46. The van der Waals surface area contributed by atoms with Gasteiger partial charge in [0.2, 0.25) is 0 Å². The van der Waals surface area contributed by atoms with Gasteiger partial charge in [-0.05, 0) is 60.5 Å². The van der Waals surface area contributed by atoms with E-state index in [9.17, 15) is 18.0 Å². The number of β-amino-alcohol motifs (C(OH)–C–C–N with tert-alkyl or cyclic N) is 1. The van der Waals surface area contributed by atoms with Crippen LogP contribution in [0.4, 0.5) is 24.7 Å². The monoisotopic (exact) mass is 602 g/mol. The molecule has 1 aliphatic rings. The number of fused-ring (bicyclic) bond motifs is 1. The van der Waals surface area contributed by atoms with E-state index in [1.807, 2.05) is 30.0 Å². The van der Waals surface area contributed by atoms with Crippen LogP contribution >= 0.6 is 0 Å². The highest BCUT2D eigenvalue weighted by Crippen LogP contribution is 2.35. The fraction of sp³-hybridized carbons (Fsp3) is 0.303. The Kier molecular flexibility index (Phi) is 9.44. The number of aromatic nitrogens is 2. The smallest absolute Gasteiger partial charge is 0.395 e. The Balaban J connectivity index is 1.31. The van der Waals surface area contributed by atoms with Crippen molar-refractivity contribution in [1.29, 1.82) is 0 Å². The molecule has 228 valence electrons. The average Bonchev–Trinajstić information content (AvgIpc) is 3.01. The molecule has 0 bridgehead atoms. The molecule has 4 aromatic rings. The molecule has 0 saturated carbocycles. The zero-order valence-corrected chi connectivity index (χ0v) is 24.5. The van der Waals surface area contributed by atoms with Crippen LogP contribution in [0.2, 0.25) is 0 Å². The first-order chi connectivity index (χ1) is 21.1. The third-order valence-corrected chi connectivity index (χ3v) is 7.66. The number of hydrogen-bond acceptors (Lipinski definition) is 7. The van der Waals surface area contributed by atoms with Gasteiger partial charge >= 0.3 is 6.18 Å². The van der Waals surface area contributed by atoms with Crippen LogP contribution in [0.1, 0.15) is 38.2 Å². The van der Waals surface area contributed by atoms with E-state index in [1.165, 1.54) is 18.5 Å². The summed E-state index contributed by atoms with van der Waals surface area (Å²) in [5, 5.41) is 15.6. The number of amides is 1. The highest BCUT2D eigenvalue weighted by Gasteiger charge is 2.34. The van der Waals surface area contributed by atoms with Crippen LogP contribution in [0.25, 0.3) is 10.9 Å². The Morgan fingerprint density at radius 2 is 1.75 bits per heavy atom. The molecule has 5 rings (SSSR count). The number of aryl methyl sites for hydroxylation is 1. The van der Waals surface area contributed by atoms with E-state index >= 15 is 0 Å². The lowest BCUT2D eigenvalue weighted by molar-refractivity contribution is -0.138. The largest absolute Gasteiger partial charge is 0.416 e. The van der Waals surface area contributed by atoms with Gasteiger partial charge in [-0.25, -0.2) is 9.97 Å². The van der Waals surface area contributed by atoms with E-state index < -0.39 is 17.6 Å². The van der Waals surface area contributed by atoms with E-state index in [0.717, 1.165) is 33.9 Å². The Labute approximate surface area is 253 Å². The molecular formula is C33H33F3N6O2. The third kappa shape index (κ3) is 7.34. The molecule has 0 radical (unpaired) electrons. The minimum Gasteiger partial charge on any atom is -0.395 e. The molecule has 1 fully saturated rings. The number of piperazine rings is 1. The van der Waals surface area contributed by atoms with E-state index in [0.29, 0.717) is 38.3 Å². The number of aliphatic hydroxyl groups excluding tert-OH is 1. The van der Waals surface area contributed by atoms with Gasteiger partial charge in [0.1, 0.15) is 12.1 Å². The Bertz CT molecular complexity index is 1720. The van der Waals surface area contributed by atoms with Crippen LogP contribution in [0.3, 0.4) is 0 Å². The Hall–Kier alpha value is -4.50. The summed E-state index contributed by atoms with van der Waals surface area (Å²) in [6.07, 6.45) is -3.10. The third-order valence-electron chi connectivity index (χ3n) is 7.66.